The van der Waals surface area contributed by atoms with Crippen LogP contribution in [0.1, 0.15) is 35.2 Å². The number of rotatable bonds is 5. The molecule has 22 heavy (non-hydrogen) atoms. The van der Waals surface area contributed by atoms with Gasteiger partial charge in [0.15, 0.2) is 0 Å². The number of nitrogens with zero attached hydrogens (tertiary/aromatic N) is 5. The maximum Gasteiger partial charge on any atom is 0.275 e. The summed E-state index contributed by atoms with van der Waals surface area (Å²) in [6.07, 6.45) is 3.89. The number of hydrogen-bond acceptors (Lipinski definition) is 7. The van der Waals surface area contributed by atoms with Crippen LogP contribution in [-0.4, -0.2) is 31.7 Å². The maximum absolute atomic E-state index is 12.2. The Morgan fingerprint density at radius 1 is 1.41 bits per heavy atom. The second kappa shape index (κ2) is 5.29. The molecule has 0 unspecified atom stereocenters. The van der Waals surface area contributed by atoms with E-state index < -0.39 is 0 Å². The summed E-state index contributed by atoms with van der Waals surface area (Å²) in [4.78, 5) is 19.5. The molecular formula is C14H15N5O2S. The maximum atomic E-state index is 12.2. The molecule has 1 aliphatic rings. The van der Waals surface area contributed by atoms with Crippen LogP contribution in [0.15, 0.2) is 27.7 Å². The summed E-state index contributed by atoms with van der Waals surface area (Å²) in [5.74, 6) is 0.532. The average Bonchev–Trinajstić information content (AvgIpc) is 3.02. The standard InChI is InChI=1S/C14H15N5O2S/c1-18(7-10-4-5-21-17-10)8-11-6-12(20)19-14(15-11)22-13(16-19)9-2-3-9/h4-6,9H,2-3,7-8H2,1H3. The fourth-order valence-electron chi connectivity index (χ4n) is 2.38. The summed E-state index contributed by atoms with van der Waals surface area (Å²) in [6, 6.07) is 3.38. The first kappa shape index (κ1) is 13.6. The highest BCUT2D eigenvalue weighted by Crippen LogP contribution is 2.41. The fourth-order valence-corrected chi connectivity index (χ4v) is 3.47. The van der Waals surface area contributed by atoms with Gasteiger partial charge >= 0.3 is 0 Å². The Labute approximate surface area is 130 Å². The molecule has 3 heterocycles. The van der Waals surface area contributed by atoms with Gasteiger partial charge in [-0.2, -0.15) is 9.61 Å². The van der Waals surface area contributed by atoms with Crippen molar-refractivity contribution >= 4 is 16.3 Å². The Hall–Kier alpha value is -2.06. The molecule has 0 amide bonds. The van der Waals surface area contributed by atoms with Crippen molar-refractivity contribution in [3.05, 3.63) is 45.1 Å². The highest BCUT2D eigenvalue weighted by molar-refractivity contribution is 7.16. The molecule has 0 spiro atoms. The molecule has 0 aromatic carbocycles. The van der Waals surface area contributed by atoms with Crippen LogP contribution in [0.2, 0.25) is 0 Å². The largest absolute Gasteiger partial charge is 0.364 e. The molecule has 3 aromatic heterocycles. The van der Waals surface area contributed by atoms with Crippen LogP contribution in [0, 0.1) is 0 Å². The van der Waals surface area contributed by atoms with Gasteiger partial charge in [-0.3, -0.25) is 9.69 Å². The van der Waals surface area contributed by atoms with Crippen molar-refractivity contribution in [2.45, 2.75) is 31.8 Å². The van der Waals surface area contributed by atoms with E-state index in [1.54, 1.807) is 12.3 Å². The van der Waals surface area contributed by atoms with Crippen molar-refractivity contribution in [1.29, 1.82) is 0 Å². The van der Waals surface area contributed by atoms with Gasteiger partial charge in [-0.1, -0.05) is 16.5 Å². The minimum atomic E-state index is -0.113. The molecule has 0 atom stereocenters. The number of hydrogen-bond donors (Lipinski definition) is 0. The van der Waals surface area contributed by atoms with E-state index in [0.717, 1.165) is 16.4 Å². The molecule has 7 nitrogen and oxygen atoms in total. The van der Waals surface area contributed by atoms with E-state index in [1.807, 2.05) is 18.0 Å². The zero-order chi connectivity index (χ0) is 15.1. The summed E-state index contributed by atoms with van der Waals surface area (Å²) in [5, 5.41) is 9.29. The molecule has 1 fully saturated rings. The lowest BCUT2D eigenvalue weighted by Crippen LogP contribution is -2.21. The van der Waals surface area contributed by atoms with E-state index in [9.17, 15) is 4.79 Å². The van der Waals surface area contributed by atoms with Gasteiger partial charge in [0.2, 0.25) is 4.96 Å². The van der Waals surface area contributed by atoms with E-state index in [-0.39, 0.29) is 5.56 Å². The lowest BCUT2D eigenvalue weighted by Gasteiger charge is -2.13. The molecule has 0 N–H and O–H groups in total. The van der Waals surface area contributed by atoms with Crippen LogP contribution in [0.5, 0.6) is 0 Å². The smallest absolute Gasteiger partial charge is 0.275 e. The van der Waals surface area contributed by atoms with Crippen molar-refractivity contribution in [1.82, 2.24) is 24.7 Å². The Morgan fingerprint density at radius 3 is 2.95 bits per heavy atom. The minimum absolute atomic E-state index is 0.113. The van der Waals surface area contributed by atoms with E-state index in [0.29, 0.717) is 24.0 Å². The quantitative estimate of drug-likeness (QED) is 0.712. The number of aromatic nitrogens is 4. The SMILES string of the molecule is CN(Cc1ccon1)Cc1cc(=O)n2nc(C3CC3)sc2n1. The highest BCUT2D eigenvalue weighted by Gasteiger charge is 2.28. The van der Waals surface area contributed by atoms with Crippen LogP contribution in [0.4, 0.5) is 0 Å². The normalized spacial score (nSPS) is 15.0. The first-order valence-electron chi connectivity index (χ1n) is 7.16. The second-order valence-corrected chi connectivity index (χ2v) is 6.65. The topological polar surface area (TPSA) is 76.5 Å². The first-order valence-corrected chi connectivity index (χ1v) is 7.98. The molecule has 0 aliphatic heterocycles. The van der Waals surface area contributed by atoms with Crippen LogP contribution in [0.25, 0.3) is 4.96 Å². The molecule has 1 aliphatic carbocycles. The van der Waals surface area contributed by atoms with Gasteiger partial charge in [0, 0.05) is 31.1 Å². The number of fused-ring (bicyclic) bond motifs is 1. The third-order valence-corrected chi connectivity index (χ3v) is 4.67. The van der Waals surface area contributed by atoms with Gasteiger partial charge in [-0.05, 0) is 19.9 Å². The molecule has 114 valence electrons. The monoisotopic (exact) mass is 317 g/mol. The molecule has 0 bridgehead atoms. The Kier molecular flexibility index (Phi) is 3.27. The molecular weight excluding hydrogens is 302 g/mol. The summed E-state index contributed by atoms with van der Waals surface area (Å²) in [7, 11) is 1.96. The van der Waals surface area contributed by atoms with E-state index in [4.69, 9.17) is 4.52 Å². The van der Waals surface area contributed by atoms with Crippen molar-refractivity contribution in [3.8, 4) is 0 Å². The molecule has 3 aromatic rings. The van der Waals surface area contributed by atoms with Gasteiger partial charge in [-0.25, -0.2) is 4.98 Å². The van der Waals surface area contributed by atoms with E-state index >= 15 is 0 Å². The lowest BCUT2D eigenvalue weighted by atomic mass is 10.3. The molecule has 8 heteroatoms. The predicted octanol–water partition coefficient (Wildman–Crippen LogP) is 1.65. The third-order valence-electron chi connectivity index (χ3n) is 3.60. The van der Waals surface area contributed by atoms with E-state index in [1.165, 1.54) is 28.7 Å². The second-order valence-electron chi connectivity index (χ2n) is 5.66. The predicted molar refractivity (Wildman–Crippen MR) is 80.8 cm³/mol. The van der Waals surface area contributed by atoms with Gasteiger partial charge in [0.1, 0.15) is 11.3 Å². The zero-order valence-electron chi connectivity index (χ0n) is 12.1. The molecule has 0 saturated heterocycles. The zero-order valence-corrected chi connectivity index (χ0v) is 12.9. The fraction of sp³-hybridized carbons (Fsp3) is 0.429. The van der Waals surface area contributed by atoms with Gasteiger partial charge in [0.05, 0.1) is 11.4 Å². The third kappa shape index (κ3) is 2.67. The van der Waals surface area contributed by atoms with Gasteiger partial charge in [-0.15, -0.1) is 0 Å². The average molecular weight is 317 g/mol. The van der Waals surface area contributed by atoms with E-state index in [2.05, 4.69) is 15.2 Å². The van der Waals surface area contributed by atoms with Crippen LogP contribution in [0.3, 0.4) is 0 Å². The van der Waals surface area contributed by atoms with Crippen LogP contribution in [-0.2, 0) is 13.1 Å². The van der Waals surface area contributed by atoms with Crippen molar-refractivity contribution in [3.63, 3.8) is 0 Å². The van der Waals surface area contributed by atoms with Crippen molar-refractivity contribution in [2.24, 2.45) is 0 Å². The first-order chi connectivity index (χ1) is 10.7. The Balaban J connectivity index is 1.57. The Morgan fingerprint density at radius 2 is 2.23 bits per heavy atom. The lowest BCUT2D eigenvalue weighted by molar-refractivity contribution is 0.300. The van der Waals surface area contributed by atoms with Crippen LogP contribution >= 0.6 is 11.3 Å². The van der Waals surface area contributed by atoms with Crippen molar-refractivity contribution < 1.29 is 4.52 Å². The summed E-state index contributed by atoms with van der Waals surface area (Å²) in [5.41, 5.74) is 1.49. The minimum Gasteiger partial charge on any atom is -0.364 e. The van der Waals surface area contributed by atoms with Crippen molar-refractivity contribution in [2.75, 3.05) is 7.05 Å². The molecule has 1 saturated carbocycles. The Bertz CT molecular complexity index is 850. The van der Waals surface area contributed by atoms with Gasteiger partial charge < -0.3 is 4.52 Å². The highest BCUT2D eigenvalue weighted by atomic mass is 32.1. The molecule has 0 radical (unpaired) electrons. The summed E-state index contributed by atoms with van der Waals surface area (Å²) in [6.45, 7) is 1.23. The summed E-state index contributed by atoms with van der Waals surface area (Å²) >= 11 is 1.52. The van der Waals surface area contributed by atoms with Gasteiger partial charge in [0.25, 0.3) is 5.56 Å². The molecule has 4 rings (SSSR count). The summed E-state index contributed by atoms with van der Waals surface area (Å²) < 4.78 is 6.24. The van der Waals surface area contributed by atoms with Crippen LogP contribution < -0.4 is 5.56 Å².